The predicted octanol–water partition coefficient (Wildman–Crippen LogP) is 1.82. The third-order valence-corrected chi connectivity index (χ3v) is 1.71. The Hall–Kier alpha value is -0.0800. The molecule has 0 saturated carbocycles. The van der Waals surface area contributed by atoms with E-state index in [9.17, 15) is 0 Å². The van der Waals surface area contributed by atoms with Crippen molar-refractivity contribution in [2.45, 2.75) is 45.3 Å². The molecule has 0 aliphatic carbocycles. The van der Waals surface area contributed by atoms with Crippen molar-refractivity contribution in [1.29, 1.82) is 0 Å². The Balaban J connectivity index is 1.92. The molecule has 0 aromatic carbocycles. The molecular formula is C7H15NO. The zero-order valence-corrected chi connectivity index (χ0v) is 6.24. The van der Waals surface area contributed by atoms with E-state index in [4.69, 9.17) is 4.84 Å². The Morgan fingerprint density at radius 2 is 2.11 bits per heavy atom. The van der Waals surface area contributed by atoms with Crippen LogP contribution in [0.2, 0.25) is 0 Å². The summed E-state index contributed by atoms with van der Waals surface area (Å²) in [6.07, 6.45) is 5.04. The molecule has 1 saturated heterocycles. The third kappa shape index (κ3) is 2.33. The van der Waals surface area contributed by atoms with Crippen LogP contribution in [0.4, 0.5) is 0 Å². The van der Waals surface area contributed by atoms with E-state index in [0.717, 1.165) is 6.42 Å². The Morgan fingerprint density at radius 3 is 2.56 bits per heavy atom. The van der Waals surface area contributed by atoms with Crippen LogP contribution >= 0.6 is 0 Å². The summed E-state index contributed by atoms with van der Waals surface area (Å²) in [7, 11) is 0. The van der Waals surface area contributed by atoms with Crippen LogP contribution in [0, 0.1) is 0 Å². The molecule has 0 amide bonds. The van der Waals surface area contributed by atoms with Gasteiger partial charge < -0.3 is 0 Å². The first-order valence-corrected chi connectivity index (χ1v) is 3.72. The lowest BCUT2D eigenvalue weighted by molar-refractivity contribution is 0.290. The van der Waals surface area contributed by atoms with Crippen molar-refractivity contribution in [3.63, 3.8) is 0 Å². The minimum atomic E-state index is 0.0508. The van der Waals surface area contributed by atoms with E-state index in [1.807, 2.05) is 0 Å². The second-order valence-corrected chi connectivity index (χ2v) is 2.89. The lowest BCUT2D eigenvalue weighted by Crippen LogP contribution is -2.07. The van der Waals surface area contributed by atoms with E-state index in [-0.39, 0.29) is 5.72 Å². The Morgan fingerprint density at radius 1 is 1.44 bits per heavy atom. The van der Waals surface area contributed by atoms with Crippen molar-refractivity contribution >= 4 is 0 Å². The van der Waals surface area contributed by atoms with E-state index in [1.54, 1.807) is 0 Å². The standard InChI is InChI=1S/C7H15NO/c1-3-4-5-6-7(2)8-9-7/h8H,3-6H2,1-2H3. The van der Waals surface area contributed by atoms with Gasteiger partial charge in [-0.05, 0) is 19.8 Å². The zero-order chi connectivity index (χ0) is 6.74. The first kappa shape index (κ1) is 7.03. The Bertz CT molecular complexity index is 88.9. The van der Waals surface area contributed by atoms with Crippen LogP contribution in [0.15, 0.2) is 0 Å². The van der Waals surface area contributed by atoms with Gasteiger partial charge in [-0.3, -0.25) is 4.84 Å². The molecule has 9 heavy (non-hydrogen) atoms. The number of hydroxylamine groups is 1. The van der Waals surface area contributed by atoms with E-state index in [2.05, 4.69) is 19.3 Å². The maximum atomic E-state index is 4.99. The largest absolute Gasteiger partial charge is 0.275 e. The van der Waals surface area contributed by atoms with Gasteiger partial charge in [0.25, 0.3) is 0 Å². The molecule has 1 aliphatic rings. The van der Waals surface area contributed by atoms with Crippen LogP contribution in [0.25, 0.3) is 0 Å². The van der Waals surface area contributed by atoms with Crippen molar-refractivity contribution in [1.82, 2.24) is 5.48 Å². The van der Waals surface area contributed by atoms with Crippen LogP contribution in [-0.4, -0.2) is 5.72 Å². The average Bonchev–Trinajstić information content (AvgIpc) is 2.50. The highest BCUT2D eigenvalue weighted by molar-refractivity contribution is 4.76. The molecule has 1 atom stereocenters. The van der Waals surface area contributed by atoms with Gasteiger partial charge >= 0.3 is 0 Å². The summed E-state index contributed by atoms with van der Waals surface area (Å²) in [5.41, 5.74) is 2.92. The maximum Gasteiger partial charge on any atom is 0.159 e. The fourth-order valence-corrected chi connectivity index (χ4v) is 0.902. The molecule has 1 aliphatic heterocycles. The van der Waals surface area contributed by atoms with Gasteiger partial charge in [0.05, 0.1) is 0 Å². The van der Waals surface area contributed by atoms with Crippen molar-refractivity contribution < 1.29 is 4.84 Å². The lowest BCUT2D eigenvalue weighted by Gasteiger charge is -1.99. The lowest BCUT2D eigenvalue weighted by atomic mass is 10.1. The highest BCUT2D eigenvalue weighted by Gasteiger charge is 2.37. The Labute approximate surface area is 56.5 Å². The van der Waals surface area contributed by atoms with Gasteiger partial charge in [-0.15, -0.1) is 0 Å². The number of unbranched alkanes of at least 4 members (excludes halogenated alkanes) is 2. The summed E-state index contributed by atoms with van der Waals surface area (Å²) in [4.78, 5) is 4.99. The van der Waals surface area contributed by atoms with E-state index in [1.165, 1.54) is 19.3 Å². The molecule has 0 spiro atoms. The van der Waals surface area contributed by atoms with Crippen molar-refractivity contribution in [2.24, 2.45) is 0 Å². The maximum absolute atomic E-state index is 4.99. The smallest absolute Gasteiger partial charge is 0.159 e. The van der Waals surface area contributed by atoms with Gasteiger partial charge in [-0.25, -0.2) is 0 Å². The summed E-state index contributed by atoms with van der Waals surface area (Å²) < 4.78 is 0. The summed E-state index contributed by atoms with van der Waals surface area (Å²) in [5.74, 6) is 0. The number of rotatable bonds is 4. The molecule has 0 aromatic heterocycles. The quantitative estimate of drug-likeness (QED) is 0.464. The minimum absolute atomic E-state index is 0.0508. The second kappa shape index (κ2) is 2.67. The third-order valence-electron chi connectivity index (χ3n) is 1.71. The summed E-state index contributed by atoms with van der Waals surface area (Å²) in [5, 5.41) is 0. The van der Waals surface area contributed by atoms with Crippen molar-refractivity contribution in [2.75, 3.05) is 0 Å². The van der Waals surface area contributed by atoms with Crippen LogP contribution in [0.5, 0.6) is 0 Å². The fourth-order valence-electron chi connectivity index (χ4n) is 0.902. The summed E-state index contributed by atoms with van der Waals surface area (Å²) in [6, 6.07) is 0. The van der Waals surface area contributed by atoms with Gasteiger partial charge in [0.2, 0.25) is 0 Å². The molecule has 54 valence electrons. The van der Waals surface area contributed by atoms with Gasteiger partial charge in [0, 0.05) is 0 Å². The molecule has 1 heterocycles. The highest BCUT2D eigenvalue weighted by Crippen LogP contribution is 2.24. The van der Waals surface area contributed by atoms with Crippen LogP contribution in [0.1, 0.15) is 39.5 Å². The molecule has 0 bridgehead atoms. The fraction of sp³-hybridized carbons (Fsp3) is 1.00. The molecule has 1 N–H and O–H groups in total. The van der Waals surface area contributed by atoms with E-state index in [0.29, 0.717) is 0 Å². The Kier molecular flexibility index (Phi) is 2.09. The zero-order valence-electron chi connectivity index (χ0n) is 6.24. The van der Waals surface area contributed by atoms with Crippen LogP contribution < -0.4 is 5.48 Å². The normalized spacial score (nSPS) is 32.7. The average molecular weight is 129 g/mol. The number of nitrogens with one attached hydrogen (secondary N) is 1. The van der Waals surface area contributed by atoms with E-state index < -0.39 is 0 Å². The first-order valence-electron chi connectivity index (χ1n) is 3.72. The molecule has 2 heteroatoms. The van der Waals surface area contributed by atoms with Gasteiger partial charge in [0.15, 0.2) is 5.72 Å². The van der Waals surface area contributed by atoms with Gasteiger partial charge in [-0.1, -0.05) is 19.8 Å². The molecule has 1 fully saturated rings. The molecule has 1 unspecified atom stereocenters. The summed E-state index contributed by atoms with van der Waals surface area (Å²) in [6.45, 7) is 4.30. The molecule has 0 aromatic rings. The van der Waals surface area contributed by atoms with Crippen molar-refractivity contribution in [3.05, 3.63) is 0 Å². The SMILES string of the molecule is CCCCCC1(C)NO1. The minimum Gasteiger partial charge on any atom is -0.275 e. The van der Waals surface area contributed by atoms with Crippen LogP contribution in [0.3, 0.4) is 0 Å². The monoisotopic (exact) mass is 129 g/mol. The predicted molar refractivity (Wildman–Crippen MR) is 36.8 cm³/mol. The first-order chi connectivity index (χ1) is 4.27. The molecule has 1 rings (SSSR count). The summed E-state index contributed by atoms with van der Waals surface area (Å²) >= 11 is 0. The number of hydrogen-bond acceptors (Lipinski definition) is 2. The van der Waals surface area contributed by atoms with Crippen LogP contribution in [-0.2, 0) is 4.84 Å². The number of hydrogen-bond donors (Lipinski definition) is 1. The van der Waals surface area contributed by atoms with Gasteiger partial charge in [-0.2, -0.15) is 5.48 Å². The second-order valence-electron chi connectivity index (χ2n) is 2.89. The van der Waals surface area contributed by atoms with E-state index >= 15 is 0 Å². The topological polar surface area (TPSA) is 34.5 Å². The molecule has 2 nitrogen and oxygen atoms in total. The van der Waals surface area contributed by atoms with Gasteiger partial charge in [0.1, 0.15) is 0 Å². The molecular weight excluding hydrogens is 114 g/mol. The van der Waals surface area contributed by atoms with Crippen molar-refractivity contribution in [3.8, 4) is 0 Å². The molecule has 0 radical (unpaired) electrons. The highest BCUT2D eigenvalue weighted by atomic mass is 16.8.